The molecular formula is C18H21N5O2. The van der Waals surface area contributed by atoms with Gasteiger partial charge in [-0.25, -0.2) is 9.97 Å². The average Bonchev–Trinajstić information content (AvgIpc) is 2.68. The maximum atomic E-state index is 12.5. The van der Waals surface area contributed by atoms with E-state index < -0.39 is 0 Å². The maximum absolute atomic E-state index is 12.5. The summed E-state index contributed by atoms with van der Waals surface area (Å²) in [5, 5.41) is 0. The number of hydrogen-bond acceptors (Lipinski definition) is 5. The second-order valence-electron chi connectivity index (χ2n) is 6.04. The topological polar surface area (TPSA) is 69.6 Å². The van der Waals surface area contributed by atoms with Crippen LogP contribution in [0.2, 0.25) is 0 Å². The molecule has 0 atom stereocenters. The van der Waals surface area contributed by atoms with Crippen molar-refractivity contribution in [1.82, 2.24) is 19.8 Å². The second kappa shape index (κ2) is 7.74. The summed E-state index contributed by atoms with van der Waals surface area (Å²) >= 11 is 0. The summed E-state index contributed by atoms with van der Waals surface area (Å²) in [6.07, 6.45) is 4.01. The number of carbonyl (C=O) groups is 2. The van der Waals surface area contributed by atoms with Gasteiger partial charge in [0.05, 0.1) is 12.4 Å². The zero-order chi connectivity index (χ0) is 17.6. The summed E-state index contributed by atoms with van der Waals surface area (Å²) in [6, 6.07) is 9.82. The van der Waals surface area contributed by atoms with Gasteiger partial charge in [-0.15, -0.1) is 0 Å². The lowest BCUT2D eigenvalue weighted by Crippen LogP contribution is -2.46. The minimum Gasteiger partial charge on any atom is -0.352 e. The van der Waals surface area contributed by atoms with Gasteiger partial charge in [0.15, 0.2) is 0 Å². The monoisotopic (exact) mass is 339 g/mol. The van der Waals surface area contributed by atoms with E-state index in [1.54, 1.807) is 23.0 Å². The number of piperazine rings is 1. The Balaban J connectivity index is 1.61. The molecule has 1 aliphatic heterocycles. The predicted octanol–water partition coefficient (Wildman–Crippen LogP) is 1.03. The van der Waals surface area contributed by atoms with Crippen LogP contribution < -0.4 is 4.90 Å². The largest absolute Gasteiger partial charge is 0.352 e. The molecule has 1 fully saturated rings. The standard InChI is InChI=1S/C18H21N5O2/c1-21(13-15-5-3-2-4-6-15)18(25)16-11-20-17(12-19-16)23-9-7-22(14-24)8-10-23/h2-6,11-12,14H,7-10,13H2,1H3. The average molecular weight is 339 g/mol. The Kier molecular flexibility index (Phi) is 5.23. The van der Waals surface area contributed by atoms with Crippen LogP contribution in [-0.2, 0) is 11.3 Å². The molecule has 130 valence electrons. The minimum atomic E-state index is -0.159. The molecule has 0 spiro atoms. The van der Waals surface area contributed by atoms with Crippen LogP contribution in [0.1, 0.15) is 16.1 Å². The smallest absolute Gasteiger partial charge is 0.274 e. The molecular weight excluding hydrogens is 318 g/mol. The lowest BCUT2D eigenvalue weighted by atomic mass is 10.2. The molecule has 1 aromatic heterocycles. The highest BCUT2D eigenvalue weighted by Crippen LogP contribution is 2.13. The first-order valence-corrected chi connectivity index (χ1v) is 8.23. The number of amides is 2. The molecule has 2 aromatic rings. The molecule has 0 bridgehead atoms. The number of carbonyl (C=O) groups excluding carboxylic acids is 2. The first kappa shape index (κ1) is 16.9. The number of benzene rings is 1. The van der Waals surface area contributed by atoms with Crippen molar-refractivity contribution in [3.63, 3.8) is 0 Å². The van der Waals surface area contributed by atoms with Crippen LogP contribution in [0.4, 0.5) is 5.82 Å². The van der Waals surface area contributed by atoms with Crippen LogP contribution >= 0.6 is 0 Å². The Hall–Kier alpha value is -2.96. The van der Waals surface area contributed by atoms with Gasteiger partial charge in [-0.1, -0.05) is 30.3 Å². The van der Waals surface area contributed by atoms with Crippen molar-refractivity contribution in [1.29, 1.82) is 0 Å². The number of nitrogens with zero attached hydrogens (tertiary/aromatic N) is 5. The lowest BCUT2D eigenvalue weighted by Gasteiger charge is -2.33. The van der Waals surface area contributed by atoms with E-state index in [1.165, 1.54) is 6.20 Å². The van der Waals surface area contributed by atoms with Gasteiger partial charge < -0.3 is 14.7 Å². The van der Waals surface area contributed by atoms with Crippen molar-refractivity contribution in [3.05, 3.63) is 54.0 Å². The third kappa shape index (κ3) is 4.12. The molecule has 25 heavy (non-hydrogen) atoms. The molecule has 0 unspecified atom stereocenters. The fourth-order valence-electron chi connectivity index (χ4n) is 2.78. The van der Waals surface area contributed by atoms with Gasteiger partial charge in [-0.2, -0.15) is 0 Å². The van der Waals surface area contributed by atoms with Crippen molar-refractivity contribution in [3.8, 4) is 0 Å². The van der Waals surface area contributed by atoms with Crippen LogP contribution in [0, 0.1) is 0 Å². The SMILES string of the molecule is CN(Cc1ccccc1)C(=O)c1cnc(N2CCN(C=O)CC2)cn1. The van der Waals surface area contributed by atoms with Crippen molar-refractivity contribution in [2.24, 2.45) is 0 Å². The fourth-order valence-corrected chi connectivity index (χ4v) is 2.78. The minimum absolute atomic E-state index is 0.159. The lowest BCUT2D eigenvalue weighted by molar-refractivity contribution is -0.118. The zero-order valence-corrected chi connectivity index (χ0v) is 14.2. The van der Waals surface area contributed by atoms with Crippen molar-refractivity contribution >= 4 is 18.1 Å². The van der Waals surface area contributed by atoms with Gasteiger partial charge >= 0.3 is 0 Å². The Bertz CT molecular complexity index is 712. The van der Waals surface area contributed by atoms with E-state index in [0.29, 0.717) is 38.4 Å². The number of rotatable bonds is 5. The summed E-state index contributed by atoms with van der Waals surface area (Å²) in [5.41, 5.74) is 1.39. The summed E-state index contributed by atoms with van der Waals surface area (Å²) in [7, 11) is 1.75. The van der Waals surface area contributed by atoms with Gasteiger partial charge in [0.25, 0.3) is 5.91 Å². The van der Waals surface area contributed by atoms with Crippen molar-refractivity contribution in [2.75, 3.05) is 38.1 Å². The van der Waals surface area contributed by atoms with Crippen LogP contribution in [0.25, 0.3) is 0 Å². The van der Waals surface area contributed by atoms with Gasteiger partial charge in [0.1, 0.15) is 11.5 Å². The highest BCUT2D eigenvalue weighted by Gasteiger charge is 2.18. The van der Waals surface area contributed by atoms with E-state index in [4.69, 9.17) is 0 Å². The first-order valence-electron chi connectivity index (χ1n) is 8.23. The quantitative estimate of drug-likeness (QED) is 0.761. The van der Waals surface area contributed by atoms with E-state index >= 15 is 0 Å². The van der Waals surface area contributed by atoms with E-state index in [-0.39, 0.29) is 5.91 Å². The van der Waals surface area contributed by atoms with Gasteiger partial charge in [0, 0.05) is 39.8 Å². The summed E-state index contributed by atoms with van der Waals surface area (Å²) in [5.74, 6) is 0.571. The summed E-state index contributed by atoms with van der Waals surface area (Å²) < 4.78 is 0. The van der Waals surface area contributed by atoms with E-state index in [1.807, 2.05) is 30.3 Å². The van der Waals surface area contributed by atoms with E-state index in [2.05, 4.69) is 14.9 Å². The zero-order valence-electron chi connectivity index (χ0n) is 14.2. The second-order valence-corrected chi connectivity index (χ2v) is 6.04. The molecule has 0 aliphatic carbocycles. The van der Waals surface area contributed by atoms with E-state index in [0.717, 1.165) is 17.8 Å². The number of aromatic nitrogens is 2. The molecule has 0 N–H and O–H groups in total. The summed E-state index contributed by atoms with van der Waals surface area (Å²) in [4.78, 5) is 37.3. The molecule has 7 heteroatoms. The Morgan fingerprint density at radius 1 is 1.12 bits per heavy atom. The Morgan fingerprint density at radius 2 is 1.84 bits per heavy atom. The molecule has 7 nitrogen and oxygen atoms in total. The molecule has 3 rings (SSSR count). The number of hydrogen-bond donors (Lipinski definition) is 0. The number of anilines is 1. The normalized spacial score (nSPS) is 14.3. The molecule has 1 aliphatic rings. The predicted molar refractivity (Wildman–Crippen MR) is 94.1 cm³/mol. The van der Waals surface area contributed by atoms with Gasteiger partial charge in [0.2, 0.25) is 6.41 Å². The highest BCUT2D eigenvalue weighted by molar-refractivity contribution is 5.91. The van der Waals surface area contributed by atoms with Crippen molar-refractivity contribution in [2.45, 2.75) is 6.54 Å². The molecule has 1 saturated heterocycles. The van der Waals surface area contributed by atoms with Crippen LogP contribution in [0.15, 0.2) is 42.7 Å². The van der Waals surface area contributed by atoms with Crippen LogP contribution in [0.5, 0.6) is 0 Å². The van der Waals surface area contributed by atoms with Crippen LogP contribution in [-0.4, -0.2) is 65.3 Å². The molecule has 0 saturated carbocycles. The van der Waals surface area contributed by atoms with Crippen LogP contribution in [0.3, 0.4) is 0 Å². The molecule has 2 amide bonds. The molecule has 1 aromatic carbocycles. The van der Waals surface area contributed by atoms with Crippen molar-refractivity contribution < 1.29 is 9.59 Å². The van der Waals surface area contributed by atoms with E-state index in [9.17, 15) is 9.59 Å². The third-order valence-corrected chi connectivity index (χ3v) is 4.25. The highest BCUT2D eigenvalue weighted by atomic mass is 16.2. The maximum Gasteiger partial charge on any atom is 0.274 e. The first-order chi connectivity index (χ1) is 12.2. The summed E-state index contributed by atoms with van der Waals surface area (Å²) in [6.45, 7) is 3.30. The van der Waals surface area contributed by atoms with Gasteiger partial charge in [-0.3, -0.25) is 9.59 Å². The third-order valence-electron chi connectivity index (χ3n) is 4.25. The molecule has 0 radical (unpaired) electrons. The Labute approximate surface area is 146 Å². The Morgan fingerprint density at radius 3 is 2.44 bits per heavy atom. The molecule has 2 heterocycles. The fraction of sp³-hybridized carbons (Fsp3) is 0.333. The van der Waals surface area contributed by atoms with Gasteiger partial charge in [-0.05, 0) is 5.56 Å².